The van der Waals surface area contributed by atoms with Crippen LogP contribution in [0.25, 0.3) is 16.9 Å². The zero-order chi connectivity index (χ0) is 24.9. The Morgan fingerprint density at radius 1 is 0.941 bits per heavy atom. The minimum absolute atomic E-state index is 0.189. The fourth-order valence-electron chi connectivity index (χ4n) is 2.92. The van der Waals surface area contributed by atoms with Gasteiger partial charge in [0.25, 0.3) is 5.91 Å². The summed E-state index contributed by atoms with van der Waals surface area (Å²) in [6.45, 7) is 0.189. The summed E-state index contributed by atoms with van der Waals surface area (Å²) in [4.78, 5) is 26.0. The minimum atomic E-state index is -5.08. The number of carbonyl (C=O) groups excluding carboxylic acids is 1. The Balaban J connectivity index is 0.000000406. The number of carbonyl (C=O) groups is 2. The third kappa shape index (κ3) is 5.94. The second-order valence-corrected chi connectivity index (χ2v) is 6.86. The monoisotopic (exact) mass is 477 g/mol. The van der Waals surface area contributed by atoms with Gasteiger partial charge in [-0.15, -0.1) is 0 Å². The molecule has 0 spiro atoms. The number of aromatic nitrogens is 2. The molecule has 0 aliphatic heterocycles. The highest BCUT2D eigenvalue weighted by Crippen LogP contribution is 2.23. The highest BCUT2D eigenvalue weighted by atomic mass is 19.4. The van der Waals surface area contributed by atoms with Crippen molar-refractivity contribution in [2.45, 2.75) is 12.7 Å². The van der Waals surface area contributed by atoms with Gasteiger partial charge < -0.3 is 10.4 Å². The molecular weight excluding hydrogens is 461 g/mol. The van der Waals surface area contributed by atoms with Gasteiger partial charge in [0, 0.05) is 18.3 Å². The van der Waals surface area contributed by atoms with Crippen LogP contribution in [0.4, 0.5) is 22.0 Å². The number of halogens is 5. The van der Waals surface area contributed by atoms with Crippen LogP contribution in [0.2, 0.25) is 0 Å². The van der Waals surface area contributed by atoms with E-state index in [1.165, 1.54) is 24.3 Å². The molecule has 4 rings (SSSR count). The molecule has 11 heteroatoms. The number of carboxylic acids is 1. The molecule has 2 heterocycles. The van der Waals surface area contributed by atoms with E-state index in [2.05, 4.69) is 10.3 Å². The molecule has 1 amide bonds. The van der Waals surface area contributed by atoms with Gasteiger partial charge in [0.15, 0.2) is 5.69 Å². The topological polar surface area (TPSA) is 83.7 Å². The van der Waals surface area contributed by atoms with E-state index in [0.29, 0.717) is 22.5 Å². The van der Waals surface area contributed by atoms with E-state index in [1.807, 2.05) is 12.1 Å². The summed E-state index contributed by atoms with van der Waals surface area (Å²) in [5.74, 6) is -3.27. The molecule has 176 valence electrons. The quantitative estimate of drug-likeness (QED) is 0.412. The number of nitrogens with zero attached hydrogens (tertiary/aromatic N) is 2. The van der Waals surface area contributed by atoms with Crippen LogP contribution in [0, 0.1) is 11.6 Å². The summed E-state index contributed by atoms with van der Waals surface area (Å²) in [6, 6.07) is 17.4. The third-order valence-corrected chi connectivity index (χ3v) is 4.45. The molecule has 0 atom stereocenters. The van der Waals surface area contributed by atoms with Crippen LogP contribution < -0.4 is 5.32 Å². The van der Waals surface area contributed by atoms with Crippen LogP contribution in [-0.4, -0.2) is 32.5 Å². The standard InChI is InChI=1S/C21H15F2N3O.C2HF3O2/c22-16-9-7-15(8-10-16)20-25-19(18-6-1-2-11-26(18)20)21(27)24-13-14-4-3-5-17(23)12-14;3-2(4,5)1(6)7/h1-12H,13H2,(H,24,27);(H,6,7). The van der Waals surface area contributed by atoms with Gasteiger partial charge in [-0.3, -0.25) is 9.20 Å². The van der Waals surface area contributed by atoms with Crippen molar-refractivity contribution in [2.75, 3.05) is 0 Å². The van der Waals surface area contributed by atoms with Crippen LogP contribution in [-0.2, 0) is 11.3 Å². The van der Waals surface area contributed by atoms with E-state index >= 15 is 0 Å². The number of aliphatic carboxylic acids is 1. The summed E-state index contributed by atoms with van der Waals surface area (Å²) in [7, 11) is 0. The summed E-state index contributed by atoms with van der Waals surface area (Å²) < 4.78 is 60.0. The Morgan fingerprint density at radius 3 is 2.24 bits per heavy atom. The van der Waals surface area contributed by atoms with Crippen LogP contribution in [0.3, 0.4) is 0 Å². The van der Waals surface area contributed by atoms with E-state index in [-0.39, 0.29) is 29.8 Å². The SMILES string of the molecule is O=C(NCc1cccc(F)c1)c1nc(-c2ccc(F)cc2)n2ccccc12.O=C(O)C(F)(F)F. The van der Waals surface area contributed by atoms with Crippen LogP contribution in [0.5, 0.6) is 0 Å². The van der Waals surface area contributed by atoms with Gasteiger partial charge in [-0.05, 0) is 54.1 Å². The van der Waals surface area contributed by atoms with E-state index < -0.39 is 12.1 Å². The molecule has 2 N–H and O–H groups in total. The molecule has 4 aromatic rings. The fraction of sp³-hybridized carbons (Fsp3) is 0.0870. The predicted octanol–water partition coefficient (Wildman–Crippen LogP) is 4.84. The summed E-state index contributed by atoms with van der Waals surface area (Å²) in [5, 5.41) is 9.89. The number of imidazole rings is 1. The van der Waals surface area contributed by atoms with Gasteiger partial charge in [-0.1, -0.05) is 18.2 Å². The normalized spacial score (nSPS) is 11.0. The van der Waals surface area contributed by atoms with E-state index in [4.69, 9.17) is 9.90 Å². The number of nitrogens with one attached hydrogen (secondary N) is 1. The zero-order valence-corrected chi connectivity index (χ0v) is 17.2. The molecule has 34 heavy (non-hydrogen) atoms. The number of hydrogen-bond donors (Lipinski definition) is 2. The number of benzene rings is 2. The average Bonchev–Trinajstić information content (AvgIpc) is 3.18. The lowest BCUT2D eigenvalue weighted by atomic mass is 10.2. The molecule has 0 aliphatic carbocycles. The summed E-state index contributed by atoms with van der Waals surface area (Å²) in [5.41, 5.74) is 2.24. The molecule has 0 fully saturated rings. The lowest BCUT2D eigenvalue weighted by molar-refractivity contribution is -0.192. The number of pyridine rings is 1. The number of carboxylic acid groups (broad SMARTS) is 1. The van der Waals surface area contributed by atoms with E-state index in [1.54, 1.807) is 40.9 Å². The van der Waals surface area contributed by atoms with Crippen molar-refractivity contribution in [3.8, 4) is 11.4 Å². The van der Waals surface area contributed by atoms with Gasteiger partial charge in [-0.25, -0.2) is 18.6 Å². The van der Waals surface area contributed by atoms with Crippen molar-refractivity contribution in [1.29, 1.82) is 0 Å². The molecule has 2 aromatic carbocycles. The number of alkyl halides is 3. The van der Waals surface area contributed by atoms with Gasteiger partial charge in [0.1, 0.15) is 17.5 Å². The van der Waals surface area contributed by atoms with Gasteiger partial charge in [-0.2, -0.15) is 13.2 Å². The first-order valence-corrected chi connectivity index (χ1v) is 9.62. The number of amides is 1. The van der Waals surface area contributed by atoms with Crippen molar-refractivity contribution in [1.82, 2.24) is 14.7 Å². The number of hydrogen-bond acceptors (Lipinski definition) is 3. The van der Waals surface area contributed by atoms with Crippen LogP contribution in [0.15, 0.2) is 72.9 Å². The van der Waals surface area contributed by atoms with Gasteiger partial charge in [0.05, 0.1) is 5.52 Å². The molecule has 0 unspecified atom stereocenters. The molecule has 0 aliphatic rings. The number of fused-ring (bicyclic) bond motifs is 1. The first-order chi connectivity index (χ1) is 16.1. The van der Waals surface area contributed by atoms with Gasteiger partial charge >= 0.3 is 12.1 Å². The second-order valence-electron chi connectivity index (χ2n) is 6.86. The molecule has 6 nitrogen and oxygen atoms in total. The largest absolute Gasteiger partial charge is 0.490 e. The molecule has 0 radical (unpaired) electrons. The van der Waals surface area contributed by atoms with Crippen molar-refractivity contribution in [3.05, 3.63) is 95.8 Å². The second kappa shape index (κ2) is 10.1. The summed E-state index contributed by atoms with van der Waals surface area (Å²) in [6.07, 6.45) is -3.29. The van der Waals surface area contributed by atoms with Crippen LogP contribution in [0.1, 0.15) is 16.1 Å². The van der Waals surface area contributed by atoms with Gasteiger partial charge in [0.2, 0.25) is 0 Å². The average molecular weight is 477 g/mol. The molecular formula is C23H16F5N3O3. The predicted molar refractivity (Wildman–Crippen MR) is 112 cm³/mol. The number of rotatable bonds is 4. The maximum absolute atomic E-state index is 13.3. The summed E-state index contributed by atoms with van der Waals surface area (Å²) >= 11 is 0. The highest BCUT2D eigenvalue weighted by Gasteiger charge is 2.38. The highest BCUT2D eigenvalue weighted by molar-refractivity contribution is 6.00. The smallest absolute Gasteiger partial charge is 0.475 e. The lowest BCUT2D eigenvalue weighted by Gasteiger charge is -2.04. The minimum Gasteiger partial charge on any atom is -0.475 e. The van der Waals surface area contributed by atoms with Crippen molar-refractivity contribution in [2.24, 2.45) is 0 Å². The Morgan fingerprint density at radius 2 is 1.62 bits per heavy atom. The first kappa shape index (κ1) is 24.4. The first-order valence-electron chi connectivity index (χ1n) is 9.62. The Bertz CT molecular complexity index is 1320. The Hall–Kier alpha value is -4.28. The van der Waals surface area contributed by atoms with Crippen LogP contribution >= 0.6 is 0 Å². The fourth-order valence-corrected chi connectivity index (χ4v) is 2.92. The van der Waals surface area contributed by atoms with E-state index in [9.17, 15) is 26.7 Å². The van der Waals surface area contributed by atoms with E-state index in [0.717, 1.165) is 0 Å². The Labute approximate surface area is 189 Å². The maximum atomic E-state index is 13.3. The molecule has 0 saturated carbocycles. The van der Waals surface area contributed by atoms with Crippen molar-refractivity contribution in [3.63, 3.8) is 0 Å². The molecule has 0 saturated heterocycles. The molecule has 2 aromatic heterocycles. The third-order valence-electron chi connectivity index (χ3n) is 4.45. The molecule has 0 bridgehead atoms. The maximum Gasteiger partial charge on any atom is 0.490 e. The van der Waals surface area contributed by atoms with Crippen molar-refractivity contribution < 1.29 is 36.6 Å². The lowest BCUT2D eigenvalue weighted by Crippen LogP contribution is -2.23. The van der Waals surface area contributed by atoms with Crippen molar-refractivity contribution >= 4 is 17.4 Å². The zero-order valence-electron chi connectivity index (χ0n) is 17.2. The Kier molecular flexibility index (Phi) is 7.24.